The zero-order valence-electron chi connectivity index (χ0n) is 23.5. The number of carboxylic acid groups (broad SMARTS) is 2. The second kappa shape index (κ2) is 14.8. The highest BCUT2D eigenvalue weighted by Crippen LogP contribution is 2.19. The standard InChI is InChI=1S/C30H37N5O7/c1-17(2)26(29(40)34-24(30(41)42)15-19-16-32-22-11-7-6-10-20(19)22)35-28(39)23(12-13-25(36)37)33-27(38)21(31)14-18-8-4-3-5-9-18/h3-11,16-17,21,23-24,26,32H,12-15,31H2,1-2H3,(H,33,38)(H,34,40)(H,35,39)(H,36,37)(H,41,42). The van der Waals surface area contributed by atoms with Crippen molar-refractivity contribution in [2.75, 3.05) is 0 Å². The number of carbonyl (C=O) groups is 5. The molecule has 0 aliphatic carbocycles. The summed E-state index contributed by atoms with van der Waals surface area (Å²) in [6.07, 6.45) is 1.23. The lowest BCUT2D eigenvalue weighted by Gasteiger charge is -2.27. The average molecular weight is 580 g/mol. The minimum absolute atomic E-state index is 0.000441. The van der Waals surface area contributed by atoms with Gasteiger partial charge in [-0.15, -0.1) is 0 Å². The molecule has 3 amide bonds. The largest absolute Gasteiger partial charge is 0.481 e. The van der Waals surface area contributed by atoms with Gasteiger partial charge < -0.3 is 36.9 Å². The van der Waals surface area contributed by atoms with Crippen molar-refractivity contribution >= 4 is 40.6 Å². The molecule has 1 aromatic heterocycles. The van der Waals surface area contributed by atoms with Crippen LogP contribution in [0.4, 0.5) is 0 Å². The van der Waals surface area contributed by atoms with Gasteiger partial charge in [-0.25, -0.2) is 4.79 Å². The highest BCUT2D eigenvalue weighted by Gasteiger charge is 2.32. The molecule has 0 aliphatic heterocycles. The quantitative estimate of drug-likeness (QED) is 0.140. The molecule has 0 aliphatic rings. The fraction of sp³-hybridized carbons (Fsp3) is 0.367. The molecule has 42 heavy (non-hydrogen) atoms. The predicted molar refractivity (Wildman–Crippen MR) is 155 cm³/mol. The summed E-state index contributed by atoms with van der Waals surface area (Å²) in [5, 5.41) is 27.4. The molecule has 3 rings (SSSR count). The average Bonchev–Trinajstić information content (AvgIpc) is 3.36. The Balaban J connectivity index is 1.70. The first-order valence-electron chi connectivity index (χ1n) is 13.7. The fourth-order valence-corrected chi connectivity index (χ4v) is 4.55. The van der Waals surface area contributed by atoms with E-state index in [0.717, 1.165) is 16.5 Å². The van der Waals surface area contributed by atoms with Crippen LogP contribution in [0.1, 0.15) is 37.8 Å². The molecular formula is C30H37N5O7. The summed E-state index contributed by atoms with van der Waals surface area (Å²) in [5.74, 6) is -5.05. The summed E-state index contributed by atoms with van der Waals surface area (Å²) in [7, 11) is 0. The monoisotopic (exact) mass is 579 g/mol. The van der Waals surface area contributed by atoms with E-state index in [0.29, 0.717) is 5.56 Å². The van der Waals surface area contributed by atoms with E-state index in [-0.39, 0.29) is 19.3 Å². The molecule has 0 saturated carbocycles. The van der Waals surface area contributed by atoms with Crippen LogP contribution in [0.3, 0.4) is 0 Å². The third kappa shape index (κ3) is 8.90. The first-order valence-corrected chi connectivity index (χ1v) is 13.7. The lowest BCUT2D eigenvalue weighted by molar-refractivity contribution is -0.142. The number of nitrogens with one attached hydrogen (secondary N) is 4. The van der Waals surface area contributed by atoms with Gasteiger partial charge in [-0.1, -0.05) is 62.4 Å². The van der Waals surface area contributed by atoms with E-state index < -0.39 is 66.2 Å². The van der Waals surface area contributed by atoms with Gasteiger partial charge in [-0.3, -0.25) is 19.2 Å². The van der Waals surface area contributed by atoms with Crippen LogP contribution in [0.15, 0.2) is 60.8 Å². The first-order chi connectivity index (χ1) is 20.0. The van der Waals surface area contributed by atoms with Crippen molar-refractivity contribution < 1.29 is 34.2 Å². The number of para-hydroxylation sites is 1. The summed E-state index contributed by atoms with van der Waals surface area (Å²) >= 11 is 0. The molecule has 3 aromatic rings. The van der Waals surface area contributed by atoms with Crippen LogP contribution < -0.4 is 21.7 Å². The van der Waals surface area contributed by atoms with Gasteiger partial charge in [0.1, 0.15) is 18.1 Å². The molecule has 12 heteroatoms. The number of amides is 3. The summed E-state index contributed by atoms with van der Waals surface area (Å²) < 4.78 is 0. The Hall–Kier alpha value is -4.71. The van der Waals surface area contributed by atoms with Gasteiger partial charge in [0.2, 0.25) is 17.7 Å². The van der Waals surface area contributed by atoms with Gasteiger partial charge in [0, 0.05) is 29.9 Å². The number of fused-ring (bicyclic) bond motifs is 1. The molecule has 1 heterocycles. The van der Waals surface area contributed by atoms with Crippen LogP contribution in [0.5, 0.6) is 0 Å². The maximum atomic E-state index is 13.3. The zero-order valence-corrected chi connectivity index (χ0v) is 23.5. The van der Waals surface area contributed by atoms with E-state index in [9.17, 15) is 34.2 Å². The summed E-state index contributed by atoms with van der Waals surface area (Å²) in [6, 6.07) is 11.7. The van der Waals surface area contributed by atoms with Crippen molar-refractivity contribution in [1.29, 1.82) is 0 Å². The number of hydrogen-bond acceptors (Lipinski definition) is 6. The van der Waals surface area contributed by atoms with E-state index in [1.807, 2.05) is 30.3 Å². The van der Waals surface area contributed by atoms with Crippen molar-refractivity contribution in [3.8, 4) is 0 Å². The summed E-state index contributed by atoms with van der Waals surface area (Å²) in [6.45, 7) is 3.33. The summed E-state index contributed by atoms with van der Waals surface area (Å²) in [5.41, 5.74) is 8.38. The zero-order chi connectivity index (χ0) is 30.8. The lowest BCUT2D eigenvalue weighted by Crippen LogP contribution is -2.58. The van der Waals surface area contributed by atoms with Gasteiger partial charge in [0.05, 0.1) is 6.04 Å². The van der Waals surface area contributed by atoms with Gasteiger partial charge in [-0.05, 0) is 36.0 Å². The van der Waals surface area contributed by atoms with Gasteiger partial charge in [-0.2, -0.15) is 0 Å². The third-order valence-electron chi connectivity index (χ3n) is 6.88. The molecule has 0 bridgehead atoms. The Labute approximate surface area is 243 Å². The van der Waals surface area contributed by atoms with Gasteiger partial charge in [0.25, 0.3) is 0 Å². The number of rotatable bonds is 15. The molecule has 2 aromatic carbocycles. The number of carbonyl (C=O) groups excluding carboxylic acids is 3. The molecule has 4 unspecified atom stereocenters. The molecule has 0 spiro atoms. The smallest absolute Gasteiger partial charge is 0.326 e. The van der Waals surface area contributed by atoms with Crippen molar-refractivity contribution in [1.82, 2.24) is 20.9 Å². The number of benzene rings is 2. The minimum atomic E-state index is -1.29. The number of hydrogen-bond donors (Lipinski definition) is 7. The predicted octanol–water partition coefficient (Wildman–Crippen LogP) is 1.34. The first kappa shape index (κ1) is 31.8. The van der Waals surface area contributed by atoms with E-state index in [1.54, 1.807) is 44.3 Å². The van der Waals surface area contributed by atoms with Crippen LogP contribution in [0.25, 0.3) is 10.9 Å². The molecule has 224 valence electrons. The molecule has 4 atom stereocenters. The van der Waals surface area contributed by atoms with Crippen LogP contribution in [-0.4, -0.2) is 69.0 Å². The number of aromatic nitrogens is 1. The Morgan fingerprint density at radius 3 is 2.10 bits per heavy atom. The molecule has 12 nitrogen and oxygen atoms in total. The van der Waals surface area contributed by atoms with Crippen molar-refractivity contribution in [2.45, 2.75) is 63.7 Å². The van der Waals surface area contributed by atoms with Gasteiger partial charge in [0.15, 0.2) is 0 Å². The van der Waals surface area contributed by atoms with E-state index in [2.05, 4.69) is 20.9 Å². The highest BCUT2D eigenvalue weighted by molar-refractivity contribution is 5.94. The minimum Gasteiger partial charge on any atom is -0.481 e. The number of nitrogens with two attached hydrogens (primary N) is 1. The number of aromatic amines is 1. The fourth-order valence-electron chi connectivity index (χ4n) is 4.55. The Morgan fingerprint density at radius 1 is 0.810 bits per heavy atom. The Morgan fingerprint density at radius 2 is 1.45 bits per heavy atom. The Kier molecular flexibility index (Phi) is 11.2. The van der Waals surface area contributed by atoms with E-state index in [4.69, 9.17) is 5.73 Å². The van der Waals surface area contributed by atoms with Crippen LogP contribution in [-0.2, 0) is 36.8 Å². The highest BCUT2D eigenvalue weighted by atomic mass is 16.4. The second-order valence-electron chi connectivity index (χ2n) is 10.5. The number of carboxylic acids is 2. The normalized spacial score (nSPS) is 14.0. The topological polar surface area (TPSA) is 204 Å². The molecular weight excluding hydrogens is 542 g/mol. The van der Waals surface area contributed by atoms with Crippen molar-refractivity contribution in [3.05, 3.63) is 71.9 Å². The van der Waals surface area contributed by atoms with E-state index >= 15 is 0 Å². The lowest BCUT2D eigenvalue weighted by atomic mass is 10.00. The summed E-state index contributed by atoms with van der Waals surface area (Å²) in [4.78, 5) is 65.7. The second-order valence-corrected chi connectivity index (χ2v) is 10.5. The Bertz CT molecular complexity index is 1410. The van der Waals surface area contributed by atoms with Crippen LogP contribution in [0.2, 0.25) is 0 Å². The maximum Gasteiger partial charge on any atom is 0.326 e. The number of aliphatic carboxylic acids is 2. The van der Waals surface area contributed by atoms with Crippen molar-refractivity contribution in [2.24, 2.45) is 11.7 Å². The molecule has 0 fully saturated rings. The molecule has 8 N–H and O–H groups in total. The van der Waals surface area contributed by atoms with Crippen LogP contribution >= 0.6 is 0 Å². The van der Waals surface area contributed by atoms with E-state index in [1.165, 1.54) is 0 Å². The van der Waals surface area contributed by atoms with Gasteiger partial charge >= 0.3 is 11.9 Å². The van der Waals surface area contributed by atoms with Crippen LogP contribution in [0, 0.1) is 5.92 Å². The SMILES string of the molecule is CC(C)C(NC(=O)C(CCC(=O)O)NC(=O)C(N)Cc1ccccc1)C(=O)NC(Cc1c[nH]c2ccccc12)C(=O)O. The maximum absolute atomic E-state index is 13.3. The third-order valence-corrected chi connectivity index (χ3v) is 6.88. The number of H-pyrrole nitrogens is 1. The van der Waals surface area contributed by atoms with Crippen molar-refractivity contribution in [3.63, 3.8) is 0 Å². The molecule has 0 radical (unpaired) electrons. The molecule has 0 saturated heterocycles.